The maximum absolute atomic E-state index is 4.97. The van der Waals surface area contributed by atoms with Crippen LogP contribution in [0.2, 0.25) is 0 Å². The quantitative estimate of drug-likeness (QED) is 0.0905. The number of unbranched alkanes of at least 4 members (excludes halogenated alkanes) is 4. The molecule has 4 aromatic carbocycles. The SMILES string of the molecule is CCCCCCc1cc(C=C[N+](C)=Nc2cc(C)c(-c3ccccc3)c(CCCC)c2)cc(C)c1-c1ccccc1. The first-order valence-electron chi connectivity index (χ1n) is 15.5. The van der Waals surface area contributed by atoms with Crippen LogP contribution in [-0.2, 0) is 12.8 Å². The van der Waals surface area contributed by atoms with E-state index in [0.29, 0.717) is 0 Å². The second-order valence-corrected chi connectivity index (χ2v) is 11.3. The van der Waals surface area contributed by atoms with E-state index in [4.69, 9.17) is 5.11 Å². The van der Waals surface area contributed by atoms with E-state index >= 15 is 0 Å². The summed E-state index contributed by atoms with van der Waals surface area (Å²) < 4.78 is 1.95. The molecule has 0 amide bonds. The summed E-state index contributed by atoms with van der Waals surface area (Å²) in [6, 6.07) is 30.8. The summed E-state index contributed by atoms with van der Waals surface area (Å²) in [6.45, 7) is 8.99. The molecule has 2 heteroatoms. The molecule has 0 radical (unpaired) electrons. The highest BCUT2D eigenvalue weighted by Crippen LogP contribution is 2.33. The predicted octanol–water partition coefficient (Wildman–Crippen LogP) is 11.5. The molecule has 0 bridgehead atoms. The van der Waals surface area contributed by atoms with Gasteiger partial charge in [0.05, 0.1) is 0 Å². The molecule has 0 N–H and O–H groups in total. The fourth-order valence-electron chi connectivity index (χ4n) is 5.83. The van der Waals surface area contributed by atoms with E-state index in [9.17, 15) is 0 Å². The van der Waals surface area contributed by atoms with Crippen LogP contribution < -0.4 is 0 Å². The third-order valence-electron chi connectivity index (χ3n) is 7.82. The van der Waals surface area contributed by atoms with Crippen molar-refractivity contribution in [3.05, 3.63) is 119 Å². The number of aryl methyl sites for hydroxylation is 4. The molecule has 4 rings (SSSR count). The zero-order chi connectivity index (χ0) is 29.0. The Hall–Kier alpha value is -3.78. The normalized spacial score (nSPS) is 11.9. The molecule has 0 aliphatic carbocycles. The Labute approximate surface area is 248 Å². The lowest BCUT2D eigenvalue weighted by molar-refractivity contribution is -0.491. The second-order valence-electron chi connectivity index (χ2n) is 11.3. The Bertz CT molecular complexity index is 1460. The van der Waals surface area contributed by atoms with Crippen LogP contribution in [0.15, 0.2) is 96.2 Å². The highest BCUT2D eigenvalue weighted by Gasteiger charge is 2.13. The van der Waals surface area contributed by atoms with Crippen LogP contribution in [0.5, 0.6) is 0 Å². The Morgan fingerprint density at radius 1 is 0.634 bits per heavy atom. The zero-order valence-electron chi connectivity index (χ0n) is 25.8. The third-order valence-corrected chi connectivity index (χ3v) is 7.82. The minimum absolute atomic E-state index is 1.01. The van der Waals surface area contributed by atoms with Crippen molar-refractivity contribution in [1.29, 1.82) is 0 Å². The Morgan fingerprint density at radius 2 is 1.20 bits per heavy atom. The van der Waals surface area contributed by atoms with E-state index in [0.717, 1.165) is 18.5 Å². The van der Waals surface area contributed by atoms with E-state index in [1.807, 2.05) is 11.7 Å². The average molecular weight is 544 g/mol. The number of hydrogen-bond acceptors (Lipinski definition) is 1. The molecule has 4 aromatic rings. The first-order chi connectivity index (χ1) is 20.0. The highest BCUT2D eigenvalue weighted by molar-refractivity contribution is 5.74. The maximum atomic E-state index is 4.97. The van der Waals surface area contributed by atoms with Crippen molar-refractivity contribution in [1.82, 2.24) is 0 Å². The molecule has 0 spiro atoms. The number of azo groups is 2. The summed E-state index contributed by atoms with van der Waals surface area (Å²) in [5.41, 5.74) is 13.0. The minimum atomic E-state index is 1.01. The van der Waals surface area contributed by atoms with Crippen LogP contribution in [0, 0.1) is 13.8 Å². The smallest absolute Gasteiger partial charge is 0.0934 e. The van der Waals surface area contributed by atoms with Crippen LogP contribution >= 0.6 is 0 Å². The summed E-state index contributed by atoms with van der Waals surface area (Å²) in [6.07, 6.45) is 13.9. The first-order valence-corrected chi connectivity index (χ1v) is 15.5. The fraction of sp³-hybridized carbons (Fsp3) is 0.333. The van der Waals surface area contributed by atoms with Gasteiger partial charge in [0.1, 0.15) is 5.69 Å². The van der Waals surface area contributed by atoms with Crippen LogP contribution in [-0.4, -0.2) is 11.7 Å². The second kappa shape index (κ2) is 15.3. The van der Waals surface area contributed by atoms with E-state index in [1.54, 1.807) is 0 Å². The largest absolute Gasteiger partial charge is 0.196 e. The lowest BCUT2D eigenvalue weighted by Gasteiger charge is -2.15. The van der Waals surface area contributed by atoms with Gasteiger partial charge in [-0.15, -0.1) is 0 Å². The molecular formula is C39H47N2+. The minimum Gasteiger partial charge on any atom is -0.0934 e. The first kappa shape index (κ1) is 30.2. The summed E-state index contributed by atoms with van der Waals surface area (Å²) in [7, 11) is 2.03. The van der Waals surface area contributed by atoms with Crippen molar-refractivity contribution in [2.75, 3.05) is 7.05 Å². The number of nitrogens with zero attached hydrogens (tertiary/aromatic N) is 2. The van der Waals surface area contributed by atoms with Gasteiger partial charge < -0.3 is 0 Å². The van der Waals surface area contributed by atoms with E-state index in [-0.39, 0.29) is 0 Å². The lowest BCUT2D eigenvalue weighted by Crippen LogP contribution is -1.97. The molecule has 0 fully saturated rings. The Kier molecular flexibility index (Phi) is 11.3. The molecule has 0 saturated carbocycles. The Morgan fingerprint density at radius 3 is 1.80 bits per heavy atom. The average Bonchev–Trinajstić information content (AvgIpc) is 2.98. The van der Waals surface area contributed by atoms with Crippen molar-refractivity contribution in [2.45, 2.75) is 79.1 Å². The standard InChI is InChI=1S/C39H47N2/c1-6-8-10-13-23-35-28-32(26-30(3)38(35)33-19-14-11-15-20-33)24-25-41(5)40-37-27-31(4)39(34-21-16-12-17-22-34)36(29-37)18-9-7-2/h11-12,14-17,19-22,24-29H,6-10,13,18,23H2,1-5H3/q+1. The van der Waals surface area contributed by atoms with Crippen LogP contribution in [0.25, 0.3) is 28.3 Å². The van der Waals surface area contributed by atoms with Crippen molar-refractivity contribution >= 4 is 11.8 Å². The van der Waals surface area contributed by atoms with Crippen LogP contribution in [0.3, 0.4) is 0 Å². The fourth-order valence-corrected chi connectivity index (χ4v) is 5.83. The van der Waals surface area contributed by atoms with Gasteiger partial charge >= 0.3 is 0 Å². The van der Waals surface area contributed by atoms with Crippen molar-refractivity contribution < 1.29 is 4.70 Å². The lowest BCUT2D eigenvalue weighted by atomic mass is 9.90. The van der Waals surface area contributed by atoms with E-state index in [1.165, 1.54) is 88.6 Å². The summed E-state index contributed by atoms with van der Waals surface area (Å²) in [4.78, 5) is 0. The van der Waals surface area contributed by atoms with Gasteiger partial charge in [-0.2, -0.15) is 0 Å². The topological polar surface area (TPSA) is 15.4 Å². The molecule has 2 nitrogen and oxygen atoms in total. The summed E-state index contributed by atoms with van der Waals surface area (Å²) >= 11 is 0. The van der Waals surface area contributed by atoms with Crippen molar-refractivity contribution in [3.8, 4) is 22.3 Å². The predicted molar refractivity (Wildman–Crippen MR) is 177 cm³/mol. The molecule has 0 aliphatic rings. The van der Waals surface area contributed by atoms with Crippen molar-refractivity contribution in [2.24, 2.45) is 5.11 Å². The van der Waals surface area contributed by atoms with Crippen LogP contribution in [0.1, 0.15) is 80.2 Å². The van der Waals surface area contributed by atoms with Gasteiger partial charge in [-0.05, 0) is 107 Å². The van der Waals surface area contributed by atoms with E-state index < -0.39 is 0 Å². The van der Waals surface area contributed by atoms with Gasteiger partial charge in [-0.1, -0.05) is 117 Å². The molecule has 0 saturated heterocycles. The Balaban J connectivity index is 1.62. The van der Waals surface area contributed by atoms with Gasteiger partial charge in [-0.3, -0.25) is 0 Å². The van der Waals surface area contributed by atoms with Gasteiger partial charge in [0.2, 0.25) is 0 Å². The number of benzene rings is 4. The van der Waals surface area contributed by atoms with Gasteiger partial charge in [0, 0.05) is 6.08 Å². The molecule has 212 valence electrons. The number of rotatable bonds is 13. The summed E-state index contributed by atoms with van der Waals surface area (Å²) in [5, 5.41) is 4.97. The molecule has 0 aromatic heterocycles. The molecule has 41 heavy (non-hydrogen) atoms. The van der Waals surface area contributed by atoms with Gasteiger partial charge in [0.25, 0.3) is 0 Å². The monoisotopic (exact) mass is 543 g/mol. The van der Waals surface area contributed by atoms with Gasteiger partial charge in [-0.25, -0.2) is 0 Å². The highest BCUT2D eigenvalue weighted by atomic mass is 15.2. The third kappa shape index (κ3) is 8.36. The van der Waals surface area contributed by atoms with Crippen LogP contribution in [0.4, 0.5) is 5.69 Å². The molecule has 0 aliphatic heterocycles. The molecule has 0 heterocycles. The summed E-state index contributed by atoms with van der Waals surface area (Å²) in [5.74, 6) is 0. The molecule has 0 unspecified atom stereocenters. The molecule has 0 atom stereocenters. The molecular weight excluding hydrogens is 496 g/mol. The van der Waals surface area contributed by atoms with Crippen molar-refractivity contribution in [3.63, 3.8) is 0 Å². The number of hydrogen-bond donors (Lipinski definition) is 0. The van der Waals surface area contributed by atoms with E-state index in [2.05, 4.69) is 125 Å². The maximum Gasteiger partial charge on any atom is 0.196 e. The zero-order valence-corrected chi connectivity index (χ0v) is 25.8. The van der Waals surface area contributed by atoms with Gasteiger partial charge in [0.15, 0.2) is 13.2 Å².